The summed E-state index contributed by atoms with van der Waals surface area (Å²) in [6.45, 7) is 5.37. The van der Waals surface area contributed by atoms with E-state index >= 15 is 0 Å². The number of nitrogens with one attached hydrogen (secondary N) is 1. The second-order valence-corrected chi connectivity index (χ2v) is 4.47. The molecule has 2 rings (SSSR count). The molecule has 0 bridgehead atoms. The van der Waals surface area contributed by atoms with Crippen LogP contribution in [0.2, 0.25) is 0 Å². The van der Waals surface area contributed by atoms with Gasteiger partial charge in [-0.3, -0.25) is 0 Å². The van der Waals surface area contributed by atoms with E-state index in [1.165, 1.54) is 12.8 Å². The second kappa shape index (κ2) is 6.71. The normalized spacial score (nSPS) is 17.5. The molecule has 1 aliphatic heterocycles. The predicted molar refractivity (Wildman–Crippen MR) is 63.5 cm³/mol. The Morgan fingerprint density at radius 1 is 1.41 bits per heavy atom. The van der Waals surface area contributed by atoms with Crippen molar-refractivity contribution in [2.24, 2.45) is 5.92 Å². The van der Waals surface area contributed by atoms with Gasteiger partial charge in [-0.05, 0) is 45.2 Å². The molecule has 5 heteroatoms. The van der Waals surface area contributed by atoms with Crippen molar-refractivity contribution in [1.82, 2.24) is 15.5 Å². The number of rotatable bonds is 6. The molecule has 96 valence electrons. The summed E-state index contributed by atoms with van der Waals surface area (Å²) < 4.78 is 10.4. The van der Waals surface area contributed by atoms with E-state index in [1.54, 1.807) is 0 Å². The first kappa shape index (κ1) is 12.5. The number of hydrogen-bond donors (Lipinski definition) is 1. The predicted octanol–water partition coefficient (Wildman–Crippen LogP) is 1.54. The monoisotopic (exact) mass is 239 g/mol. The Labute approximate surface area is 102 Å². The van der Waals surface area contributed by atoms with Crippen LogP contribution in [-0.2, 0) is 17.8 Å². The van der Waals surface area contributed by atoms with E-state index in [4.69, 9.17) is 9.26 Å². The summed E-state index contributed by atoms with van der Waals surface area (Å²) in [6.07, 6.45) is 4.57. The number of hydrogen-bond acceptors (Lipinski definition) is 5. The number of nitrogens with zero attached hydrogens (tertiary/aromatic N) is 2. The van der Waals surface area contributed by atoms with Crippen LogP contribution in [0.3, 0.4) is 0 Å². The maximum Gasteiger partial charge on any atom is 0.226 e. The van der Waals surface area contributed by atoms with Gasteiger partial charge in [0.15, 0.2) is 5.82 Å². The van der Waals surface area contributed by atoms with Crippen LogP contribution in [0.15, 0.2) is 4.52 Å². The minimum Gasteiger partial charge on any atom is -0.374 e. The van der Waals surface area contributed by atoms with Crippen LogP contribution in [0.25, 0.3) is 0 Å². The average molecular weight is 239 g/mol. The van der Waals surface area contributed by atoms with Gasteiger partial charge in [0.2, 0.25) is 5.89 Å². The molecule has 0 aromatic carbocycles. The van der Waals surface area contributed by atoms with Gasteiger partial charge in [-0.25, -0.2) is 0 Å². The van der Waals surface area contributed by atoms with Crippen LogP contribution in [0.5, 0.6) is 0 Å². The molecule has 17 heavy (non-hydrogen) atoms. The summed E-state index contributed by atoms with van der Waals surface area (Å²) in [7, 11) is 0. The fraction of sp³-hybridized carbons (Fsp3) is 0.833. The molecule has 5 nitrogen and oxygen atoms in total. The van der Waals surface area contributed by atoms with E-state index in [0.717, 1.165) is 37.7 Å². The van der Waals surface area contributed by atoms with E-state index in [1.807, 2.05) is 6.92 Å². The molecule has 1 aromatic heterocycles. The zero-order valence-electron chi connectivity index (χ0n) is 10.4. The largest absolute Gasteiger partial charge is 0.374 e. The fourth-order valence-corrected chi connectivity index (χ4v) is 2.14. The molecule has 0 saturated carbocycles. The highest BCUT2D eigenvalue weighted by atomic mass is 16.5. The smallest absolute Gasteiger partial charge is 0.226 e. The SMILES string of the molecule is CCOCc1noc(CCC2CCNCC2)n1. The summed E-state index contributed by atoms with van der Waals surface area (Å²) in [5, 5.41) is 7.27. The first-order chi connectivity index (χ1) is 8.38. The molecule has 1 N–H and O–H groups in total. The Hall–Kier alpha value is -0.940. The number of aryl methyl sites for hydroxylation is 1. The molecule has 0 unspecified atom stereocenters. The van der Waals surface area contributed by atoms with Crippen molar-refractivity contribution in [3.63, 3.8) is 0 Å². The van der Waals surface area contributed by atoms with Crippen molar-refractivity contribution in [2.45, 2.75) is 39.2 Å². The Bertz CT molecular complexity index is 321. The summed E-state index contributed by atoms with van der Waals surface area (Å²) in [5.74, 6) is 2.21. The highest BCUT2D eigenvalue weighted by Gasteiger charge is 2.14. The summed E-state index contributed by atoms with van der Waals surface area (Å²) in [6, 6.07) is 0. The minimum absolute atomic E-state index is 0.452. The Balaban J connectivity index is 1.72. The summed E-state index contributed by atoms with van der Waals surface area (Å²) >= 11 is 0. The second-order valence-electron chi connectivity index (χ2n) is 4.47. The van der Waals surface area contributed by atoms with Gasteiger partial charge in [0.25, 0.3) is 0 Å². The summed E-state index contributed by atoms with van der Waals surface area (Å²) in [5.41, 5.74) is 0. The molecule has 1 aliphatic rings. The summed E-state index contributed by atoms with van der Waals surface area (Å²) in [4.78, 5) is 4.31. The molecule has 0 radical (unpaired) electrons. The van der Waals surface area contributed by atoms with Crippen molar-refractivity contribution >= 4 is 0 Å². The van der Waals surface area contributed by atoms with Crippen molar-refractivity contribution < 1.29 is 9.26 Å². The van der Waals surface area contributed by atoms with E-state index < -0.39 is 0 Å². The lowest BCUT2D eigenvalue weighted by Gasteiger charge is -2.21. The minimum atomic E-state index is 0.452. The Morgan fingerprint density at radius 2 is 2.24 bits per heavy atom. The first-order valence-corrected chi connectivity index (χ1v) is 6.48. The standard InChI is InChI=1S/C12H21N3O2/c1-2-16-9-11-14-12(17-15-11)4-3-10-5-7-13-8-6-10/h10,13H,2-9H2,1H3. The number of ether oxygens (including phenoxy) is 1. The topological polar surface area (TPSA) is 60.2 Å². The van der Waals surface area contributed by atoms with E-state index in [-0.39, 0.29) is 0 Å². The maximum atomic E-state index is 5.23. The molecule has 1 saturated heterocycles. The first-order valence-electron chi connectivity index (χ1n) is 6.48. The van der Waals surface area contributed by atoms with Gasteiger partial charge in [0.05, 0.1) is 0 Å². The van der Waals surface area contributed by atoms with Gasteiger partial charge >= 0.3 is 0 Å². The van der Waals surface area contributed by atoms with E-state index in [9.17, 15) is 0 Å². The Kier molecular flexibility index (Phi) is 4.94. The fourth-order valence-electron chi connectivity index (χ4n) is 2.14. The van der Waals surface area contributed by atoms with Crippen LogP contribution < -0.4 is 5.32 Å². The molecule has 0 atom stereocenters. The van der Waals surface area contributed by atoms with Gasteiger partial charge in [-0.2, -0.15) is 4.98 Å². The molecule has 1 fully saturated rings. The van der Waals surface area contributed by atoms with Gasteiger partial charge in [0, 0.05) is 13.0 Å². The molecule has 1 aromatic rings. The van der Waals surface area contributed by atoms with Gasteiger partial charge in [0.1, 0.15) is 6.61 Å². The van der Waals surface area contributed by atoms with E-state index in [2.05, 4.69) is 15.5 Å². The lowest BCUT2D eigenvalue weighted by atomic mass is 9.93. The van der Waals surface area contributed by atoms with Crippen LogP contribution in [-0.4, -0.2) is 29.8 Å². The van der Waals surface area contributed by atoms with E-state index in [0.29, 0.717) is 19.0 Å². The molecule has 2 heterocycles. The zero-order valence-corrected chi connectivity index (χ0v) is 10.4. The van der Waals surface area contributed by atoms with Crippen LogP contribution >= 0.6 is 0 Å². The number of aromatic nitrogens is 2. The van der Waals surface area contributed by atoms with Crippen LogP contribution in [0.1, 0.15) is 37.9 Å². The highest BCUT2D eigenvalue weighted by Crippen LogP contribution is 2.18. The van der Waals surface area contributed by atoms with Crippen molar-refractivity contribution in [3.05, 3.63) is 11.7 Å². The third-order valence-electron chi connectivity index (χ3n) is 3.17. The molecule has 0 aliphatic carbocycles. The highest BCUT2D eigenvalue weighted by molar-refractivity contribution is 4.85. The molecule has 0 amide bonds. The molecular weight excluding hydrogens is 218 g/mol. The van der Waals surface area contributed by atoms with Crippen molar-refractivity contribution in [2.75, 3.05) is 19.7 Å². The van der Waals surface area contributed by atoms with Crippen molar-refractivity contribution in [3.8, 4) is 0 Å². The Morgan fingerprint density at radius 3 is 3.00 bits per heavy atom. The molecular formula is C12H21N3O2. The van der Waals surface area contributed by atoms with Gasteiger partial charge in [-0.1, -0.05) is 5.16 Å². The lowest BCUT2D eigenvalue weighted by molar-refractivity contribution is 0.126. The third-order valence-corrected chi connectivity index (χ3v) is 3.17. The maximum absolute atomic E-state index is 5.23. The van der Waals surface area contributed by atoms with Crippen LogP contribution in [0, 0.1) is 5.92 Å². The average Bonchev–Trinajstić information content (AvgIpc) is 2.83. The quantitative estimate of drug-likeness (QED) is 0.816. The van der Waals surface area contributed by atoms with Gasteiger partial charge in [-0.15, -0.1) is 0 Å². The van der Waals surface area contributed by atoms with Crippen LogP contribution in [0.4, 0.5) is 0 Å². The van der Waals surface area contributed by atoms with Crippen molar-refractivity contribution in [1.29, 1.82) is 0 Å². The molecule has 0 spiro atoms. The third kappa shape index (κ3) is 4.09. The number of piperidine rings is 1. The van der Waals surface area contributed by atoms with Gasteiger partial charge < -0.3 is 14.6 Å². The lowest BCUT2D eigenvalue weighted by Crippen LogP contribution is -2.27. The zero-order chi connectivity index (χ0) is 11.9.